The van der Waals surface area contributed by atoms with Crippen LogP contribution in [0.3, 0.4) is 0 Å². The number of ether oxygens (including phenoxy) is 1. The Morgan fingerprint density at radius 1 is 1.19 bits per heavy atom. The van der Waals surface area contributed by atoms with Gasteiger partial charge in [-0.05, 0) is 67.3 Å². The van der Waals surface area contributed by atoms with E-state index < -0.39 is 0 Å². The predicted molar refractivity (Wildman–Crippen MR) is 115 cm³/mol. The van der Waals surface area contributed by atoms with Crippen LogP contribution in [0.5, 0.6) is 5.75 Å². The predicted octanol–water partition coefficient (Wildman–Crippen LogP) is 4.67. The Morgan fingerprint density at radius 2 is 1.96 bits per heavy atom. The fraction of sp³-hybridized carbons (Fsp3) is 0.300. The average molecular weight is 448 g/mol. The van der Waals surface area contributed by atoms with Crippen molar-refractivity contribution >= 4 is 48.5 Å². The van der Waals surface area contributed by atoms with Gasteiger partial charge in [-0.2, -0.15) is 0 Å². The molecule has 142 valence electrons. The van der Waals surface area contributed by atoms with Gasteiger partial charge in [-0.3, -0.25) is 9.69 Å². The molecule has 3 aromatic rings. The van der Waals surface area contributed by atoms with Crippen LogP contribution in [0, 0.1) is 0 Å². The molecule has 0 aliphatic rings. The van der Waals surface area contributed by atoms with E-state index in [-0.39, 0.29) is 5.91 Å². The Morgan fingerprint density at radius 3 is 2.67 bits per heavy atom. The molecular weight excluding hydrogens is 426 g/mol. The lowest BCUT2D eigenvalue weighted by molar-refractivity contribution is 0.0984. The summed E-state index contributed by atoms with van der Waals surface area (Å²) in [7, 11) is 3.99. The zero-order chi connectivity index (χ0) is 19.4. The topological polar surface area (TPSA) is 45.7 Å². The van der Waals surface area contributed by atoms with Crippen molar-refractivity contribution < 1.29 is 9.53 Å². The molecule has 0 atom stereocenters. The highest BCUT2D eigenvalue weighted by Crippen LogP contribution is 2.32. The minimum atomic E-state index is -0.0617. The first-order chi connectivity index (χ1) is 13.0. The van der Waals surface area contributed by atoms with Crippen molar-refractivity contribution in [1.29, 1.82) is 0 Å². The molecule has 7 heteroatoms. The molecule has 3 rings (SSSR count). The molecule has 27 heavy (non-hydrogen) atoms. The van der Waals surface area contributed by atoms with Crippen molar-refractivity contribution in [3.8, 4) is 5.75 Å². The molecule has 0 N–H and O–H groups in total. The summed E-state index contributed by atoms with van der Waals surface area (Å²) in [5.41, 5.74) is 1.50. The maximum absolute atomic E-state index is 13.2. The average Bonchev–Trinajstić information content (AvgIpc) is 3.05. The van der Waals surface area contributed by atoms with E-state index in [4.69, 9.17) is 9.72 Å². The minimum absolute atomic E-state index is 0.0617. The molecule has 0 radical (unpaired) electrons. The third-order valence-electron chi connectivity index (χ3n) is 4.01. The zero-order valence-corrected chi connectivity index (χ0v) is 18.0. The van der Waals surface area contributed by atoms with Gasteiger partial charge < -0.3 is 9.64 Å². The summed E-state index contributed by atoms with van der Waals surface area (Å²) in [6.07, 6.45) is 0. The van der Waals surface area contributed by atoms with Crippen LogP contribution in [0.2, 0.25) is 0 Å². The van der Waals surface area contributed by atoms with Crippen molar-refractivity contribution in [2.75, 3.05) is 38.7 Å². The summed E-state index contributed by atoms with van der Waals surface area (Å²) in [5, 5.41) is 0.696. The second-order valence-corrected chi connectivity index (χ2v) is 8.16. The van der Waals surface area contributed by atoms with Crippen LogP contribution in [0.15, 0.2) is 46.9 Å². The van der Waals surface area contributed by atoms with Gasteiger partial charge >= 0.3 is 0 Å². The normalized spacial score (nSPS) is 11.1. The Balaban J connectivity index is 1.98. The van der Waals surface area contributed by atoms with Crippen molar-refractivity contribution in [3.05, 3.63) is 52.5 Å². The van der Waals surface area contributed by atoms with Crippen molar-refractivity contribution in [2.45, 2.75) is 6.92 Å². The van der Waals surface area contributed by atoms with Crippen molar-refractivity contribution in [2.24, 2.45) is 0 Å². The van der Waals surface area contributed by atoms with Crippen molar-refractivity contribution in [1.82, 2.24) is 9.88 Å². The molecule has 0 spiro atoms. The Labute approximate surface area is 171 Å². The van der Waals surface area contributed by atoms with Crippen LogP contribution in [-0.4, -0.2) is 49.6 Å². The molecule has 1 aromatic heterocycles. The van der Waals surface area contributed by atoms with E-state index in [2.05, 4.69) is 20.8 Å². The number of halogens is 1. The van der Waals surface area contributed by atoms with Gasteiger partial charge in [0, 0.05) is 17.6 Å². The van der Waals surface area contributed by atoms with Gasteiger partial charge in [0.05, 0.1) is 22.4 Å². The number of nitrogens with zero attached hydrogens (tertiary/aromatic N) is 3. The van der Waals surface area contributed by atoms with E-state index in [1.807, 2.05) is 63.5 Å². The summed E-state index contributed by atoms with van der Waals surface area (Å²) in [6.45, 7) is 3.88. The molecule has 0 bridgehead atoms. The highest BCUT2D eigenvalue weighted by Gasteiger charge is 2.23. The van der Waals surface area contributed by atoms with Gasteiger partial charge in [0.1, 0.15) is 5.75 Å². The van der Waals surface area contributed by atoms with E-state index in [1.54, 1.807) is 4.90 Å². The van der Waals surface area contributed by atoms with Gasteiger partial charge in [-0.1, -0.05) is 23.5 Å². The quantitative estimate of drug-likeness (QED) is 0.527. The minimum Gasteiger partial charge on any atom is -0.494 e. The maximum atomic E-state index is 13.2. The number of likely N-dealkylation sites (N-methyl/N-ethyl adjacent to an activating group) is 1. The third-order valence-corrected chi connectivity index (χ3v) is 5.74. The molecule has 1 heterocycles. The number of benzene rings is 2. The number of amides is 1. The Hall–Kier alpha value is -1.96. The lowest BCUT2D eigenvalue weighted by Crippen LogP contribution is -2.36. The molecule has 0 saturated carbocycles. The first kappa shape index (κ1) is 19.8. The van der Waals surface area contributed by atoms with Gasteiger partial charge in [-0.25, -0.2) is 4.98 Å². The number of thiazole rings is 1. The van der Waals surface area contributed by atoms with E-state index in [1.165, 1.54) is 11.3 Å². The summed E-state index contributed by atoms with van der Waals surface area (Å²) < 4.78 is 7.37. The molecule has 0 fully saturated rings. The summed E-state index contributed by atoms with van der Waals surface area (Å²) in [6, 6.07) is 13.3. The number of rotatable bonds is 7. The van der Waals surface area contributed by atoms with Crippen molar-refractivity contribution in [3.63, 3.8) is 0 Å². The van der Waals surface area contributed by atoms with E-state index >= 15 is 0 Å². The molecular formula is C20H22BrN3O2S. The van der Waals surface area contributed by atoms with Gasteiger partial charge in [-0.15, -0.1) is 0 Å². The second-order valence-electron chi connectivity index (χ2n) is 6.30. The number of fused-ring (bicyclic) bond motifs is 1. The fourth-order valence-electron chi connectivity index (χ4n) is 2.63. The zero-order valence-electron chi connectivity index (χ0n) is 15.6. The molecule has 0 aliphatic heterocycles. The first-order valence-corrected chi connectivity index (χ1v) is 10.3. The molecule has 2 aromatic carbocycles. The van der Waals surface area contributed by atoms with Crippen LogP contribution in [0.4, 0.5) is 5.13 Å². The number of carbonyl (C=O) groups excluding carboxylic acids is 1. The highest BCUT2D eigenvalue weighted by atomic mass is 79.9. The van der Waals surface area contributed by atoms with Gasteiger partial charge in [0.15, 0.2) is 5.13 Å². The molecule has 1 amide bonds. The number of aromatic nitrogens is 1. The summed E-state index contributed by atoms with van der Waals surface area (Å²) >= 11 is 4.99. The smallest absolute Gasteiger partial charge is 0.261 e. The van der Waals surface area contributed by atoms with Crippen LogP contribution >= 0.6 is 27.3 Å². The molecule has 0 unspecified atom stereocenters. The lowest BCUT2D eigenvalue weighted by Gasteiger charge is -2.22. The summed E-state index contributed by atoms with van der Waals surface area (Å²) in [5.74, 6) is 0.755. The van der Waals surface area contributed by atoms with E-state index in [9.17, 15) is 4.79 Å². The standard InChI is InChI=1S/C20H22BrN3O2S/c1-4-26-14-9-10-17-18(13-14)27-20(22-17)24(12-11-23(2)3)19(25)15-7-5-6-8-16(15)21/h5-10,13H,4,11-12H2,1-3H3. The lowest BCUT2D eigenvalue weighted by atomic mass is 10.2. The van der Waals surface area contributed by atoms with E-state index in [0.717, 1.165) is 27.0 Å². The number of hydrogen-bond acceptors (Lipinski definition) is 5. The summed E-state index contributed by atoms with van der Waals surface area (Å²) in [4.78, 5) is 21.8. The Bertz CT molecular complexity index is 942. The number of anilines is 1. The number of carbonyl (C=O) groups is 1. The first-order valence-electron chi connectivity index (χ1n) is 8.74. The van der Waals surface area contributed by atoms with Gasteiger partial charge in [0.25, 0.3) is 5.91 Å². The monoisotopic (exact) mass is 447 g/mol. The molecule has 5 nitrogen and oxygen atoms in total. The van der Waals surface area contributed by atoms with Crippen LogP contribution in [-0.2, 0) is 0 Å². The largest absolute Gasteiger partial charge is 0.494 e. The van der Waals surface area contributed by atoms with Crippen LogP contribution in [0.1, 0.15) is 17.3 Å². The number of hydrogen-bond donors (Lipinski definition) is 0. The third kappa shape index (κ3) is 4.66. The van der Waals surface area contributed by atoms with Gasteiger partial charge in [0.2, 0.25) is 0 Å². The fourth-order valence-corrected chi connectivity index (χ4v) is 4.10. The highest BCUT2D eigenvalue weighted by molar-refractivity contribution is 9.10. The molecule has 0 saturated heterocycles. The maximum Gasteiger partial charge on any atom is 0.261 e. The second kappa shape index (κ2) is 8.82. The van der Waals surface area contributed by atoms with E-state index in [0.29, 0.717) is 23.8 Å². The van der Waals surface area contributed by atoms with Crippen LogP contribution in [0.25, 0.3) is 10.2 Å². The van der Waals surface area contributed by atoms with Crippen LogP contribution < -0.4 is 9.64 Å². The molecule has 0 aliphatic carbocycles. The SMILES string of the molecule is CCOc1ccc2nc(N(CCN(C)C)C(=O)c3ccccc3Br)sc2c1. The Kier molecular flexibility index (Phi) is 6.46.